The van der Waals surface area contributed by atoms with Gasteiger partial charge in [-0.25, -0.2) is 26.3 Å². The number of ether oxygens (including phenoxy) is 2. The number of hydrogen-bond donors (Lipinski definition) is 0. The van der Waals surface area contributed by atoms with Crippen molar-refractivity contribution in [3.63, 3.8) is 0 Å². The second kappa shape index (κ2) is 11.9. The molecule has 0 spiro atoms. The van der Waals surface area contributed by atoms with Crippen LogP contribution in [0.15, 0.2) is 48.7 Å². The molecule has 0 bridgehead atoms. The molecule has 12 heteroatoms. The molecular formula is C32H37F2N3O6S. The maximum absolute atomic E-state index is 15.8. The second-order valence-electron chi connectivity index (χ2n) is 12.4. The number of nitriles is 1. The van der Waals surface area contributed by atoms with E-state index >= 15 is 8.78 Å². The van der Waals surface area contributed by atoms with Crippen LogP contribution in [0.2, 0.25) is 0 Å². The number of rotatable bonds is 6. The largest absolute Gasteiger partial charge is 0.466 e. The zero-order valence-corrected chi connectivity index (χ0v) is 26.4. The summed E-state index contributed by atoms with van der Waals surface area (Å²) in [5.41, 5.74) is 1.21. The summed E-state index contributed by atoms with van der Waals surface area (Å²) < 4.78 is 68.7. The highest BCUT2D eigenvalue weighted by Gasteiger charge is 2.73. The van der Waals surface area contributed by atoms with Crippen LogP contribution in [0.3, 0.4) is 0 Å². The van der Waals surface area contributed by atoms with Crippen molar-refractivity contribution in [1.82, 2.24) is 9.29 Å². The first-order valence-electron chi connectivity index (χ1n) is 14.4. The number of sulfonamides is 1. The smallest absolute Gasteiger partial charge is 0.424 e. The van der Waals surface area contributed by atoms with Crippen LogP contribution in [-0.4, -0.2) is 58.7 Å². The fourth-order valence-electron chi connectivity index (χ4n) is 6.50. The Morgan fingerprint density at radius 2 is 1.86 bits per heavy atom. The van der Waals surface area contributed by atoms with E-state index in [0.717, 1.165) is 0 Å². The van der Waals surface area contributed by atoms with Gasteiger partial charge in [-0.1, -0.05) is 37.3 Å². The minimum atomic E-state index is -4.83. The number of alkyl halides is 2. The van der Waals surface area contributed by atoms with Crippen molar-refractivity contribution in [2.24, 2.45) is 17.8 Å². The zero-order chi connectivity index (χ0) is 32.7. The Balaban J connectivity index is 1.79. The van der Waals surface area contributed by atoms with Gasteiger partial charge < -0.3 is 9.47 Å². The number of fused-ring (bicyclic) bond motifs is 1. The van der Waals surface area contributed by atoms with E-state index in [0.29, 0.717) is 26.7 Å². The van der Waals surface area contributed by atoms with Crippen molar-refractivity contribution in [3.8, 4) is 17.2 Å². The lowest BCUT2D eigenvalue weighted by atomic mass is 9.61. The summed E-state index contributed by atoms with van der Waals surface area (Å²) in [5.74, 6) is -7.95. The number of carbonyl (C=O) groups is 2. The molecule has 1 aromatic heterocycles. The topological polar surface area (TPSA) is 127 Å². The number of halogens is 2. The molecule has 0 N–H and O–H groups in total. The quantitative estimate of drug-likeness (QED) is 0.346. The monoisotopic (exact) mass is 629 g/mol. The molecule has 2 heterocycles. The van der Waals surface area contributed by atoms with Crippen LogP contribution >= 0.6 is 0 Å². The first kappa shape index (κ1) is 33.1. The van der Waals surface area contributed by atoms with Crippen molar-refractivity contribution in [1.29, 1.82) is 5.26 Å². The van der Waals surface area contributed by atoms with Gasteiger partial charge in [0.05, 0.1) is 36.4 Å². The molecule has 44 heavy (non-hydrogen) atoms. The number of pyridine rings is 1. The van der Waals surface area contributed by atoms with Gasteiger partial charge >= 0.3 is 12.1 Å². The standard InChI is InChI=1S/C32H37F2N3O6S/c1-7-42-27(38)16-31-19-32(33,34)20(2)25(28(31)21(3)37(44(31,40)41)29(39)43-30(4,5)6)15-14-24-13-12-23(18-36-24)26-11-9-8-10-22(26)17-35/h8-15,18,20-21,25,28H,7,16,19H2,1-6H3/b15-14+/t20-,21+,25?,28?,31+/m0/s1. The summed E-state index contributed by atoms with van der Waals surface area (Å²) in [6, 6.07) is 11.5. The predicted molar refractivity (Wildman–Crippen MR) is 160 cm³/mol. The van der Waals surface area contributed by atoms with Crippen LogP contribution in [0.5, 0.6) is 0 Å². The van der Waals surface area contributed by atoms with E-state index in [-0.39, 0.29) is 6.61 Å². The SMILES string of the molecule is CCOC(=O)C[C@@]12CC(F)(F)[C@@H](C)C(/C=C/c3ccc(-c4ccccc4C#N)cn3)C1[C@@H](C)N(C(=O)OC(C)(C)C)S2(=O)=O. The van der Waals surface area contributed by atoms with Crippen LogP contribution < -0.4 is 0 Å². The van der Waals surface area contributed by atoms with Crippen LogP contribution in [0.4, 0.5) is 13.6 Å². The van der Waals surface area contributed by atoms with E-state index in [1.165, 1.54) is 32.9 Å². The van der Waals surface area contributed by atoms with E-state index < -0.39 is 75.0 Å². The van der Waals surface area contributed by atoms with E-state index in [2.05, 4.69) is 11.1 Å². The third kappa shape index (κ3) is 5.94. The van der Waals surface area contributed by atoms with Crippen molar-refractivity contribution in [3.05, 3.63) is 59.9 Å². The van der Waals surface area contributed by atoms with E-state index in [4.69, 9.17) is 9.47 Å². The van der Waals surface area contributed by atoms with E-state index in [9.17, 15) is 23.3 Å². The fourth-order valence-corrected chi connectivity index (χ4v) is 9.06. The minimum Gasteiger partial charge on any atom is -0.466 e. The van der Waals surface area contributed by atoms with Gasteiger partial charge in [-0.3, -0.25) is 9.78 Å². The molecule has 9 nitrogen and oxygen atoms in total. The van der Waals surface area contributed by atoms with Gasteiger partial charge in [-0.2, -0.15) is 5.26 Å². The summed E-state index contributed by atoms with van der Waals surface area (Å²) >= 11 is 0. The average Bonchev–Trinajstić information content (AvgIpc) is 3.09. The number of benzene rings is 1. The number of esters is 1. The Hall–Kier alpha value is -3.85. The lowest BCUT2D eigenvalue weighted by Crippen LogP contribution is -2.58. The molecule has 4 rings (SSSR count). The van der Waals surface area contributed by atoms with Crippen molar-refractivity contribution in [2.75, 3.05) is 6.61 Å². The molecule has 2 aliphatic rings. The van der Waals surface area contributed by atoms with Gasteiger partial charge in [0.15, 0.2) is 0 Å². The van der Waals surface area contributed by atoms with Crippen LogP contribution in [-0.2, 0) is 24.3 Å². The van der Waals surface area contributed by atoms with Gasteiger partial charge in [0.25, 0.3) is 5.92 Å². The van der Waals surface area contributed by atoms with Gasteiger partial charge in [0, 0.05) is 35.6 Å². The van der Waals surface area contributed by atoms with E-state index in [1.54, 1.807) is 63.4 Å². The lowest BCUT2D eigenvalue weighted by Gasteiger charge is -2.48. The number of aromatic nitrogens is 1. The highest BCUT2D eigenvalue weighted by molar-refractivity contribution is 7.91. The summed E-state index contributed by atoms with van der Waals surface area (Å²) in [6.45, 7) is 8.99. The van der Waals surface area contributed by atoms with E-state index in [1.807, 2.05) is 0 Å². The maximum Gasteiger partial charge on any atom is 0.424 e. The van der Waals surface area contributed by atoms with Gasteiger partial charge in [-0.05, 0) is 58.7 Å². The van der Waals surface area contributed by atoms with Crippen LogP contribution in [0, 0.1) is 29.1 Å². The van der Waals surface area contributed by atoms with Crippen molar-refractivity contribution in [2.45, 2.75) is 76.7 Å². The fraction of sp³-hybridized carbons (Fsp3) is 0.500. The highest BCUT2D eigenvalue weighted by atomic mass is 32.2. The Morgan fingerprint density at radius 1 is 1.18 bits per heavy atom. The maximum atomic E-state index is 15.8. The number of hydrogen-bond acceptors (Lipinski definition) is 8. The first-order chi connectivity index (χ1) is 20.5. The Morgan fingerprint density at radius 3 is 2.45 bits per heavy atom. The zero-order valence-electron chi connectivity index (χ0n) is 25.6. The molecule has 2 aromatic rings. The molecule has 2 unspecified atom stereocenters. The summed E-state index contributed by atoms with van der Waals surface area (Å²) in [7, 11) is -4.83. The molecule has 1 amide bonds. The van der Waals surface area contributed by atoms with Crippen molar-refractivity contribution >= 4 is 28.2 Å². The second-order valence-corrected chi connectivity index (χ2v) is 14.5. The third-order valence-electron chi connectivity index (χ3n) is 8.42. The molecule has 5 atom stereocenters. The molecule has 1 saturated carbocycles. The minimum absolute atomic E-state index is 0.0679. The van der Waals surface area contributed by atoms with Crippen LogP contribution in [0.1, 0.15) is 65.6 Å². The Bertz CT molecular complexity index is 1600. The molecule has 2 fully saturated rings. The summed E-state index contributed by atoms with van der Waals surface area (Å²) in [4.78, 5) is 30.5. The van der Waals surface area contributed by atoms with Gasteiger partial charge in [0.2, 0.25) is 10.0 Å². The number of carbonyl (C=O) groups excluding carboxylic acids is 2. The normalized spacial score (nSPS) is 27.4. The number of nitrogens with zero attached hydrogens (tertiary/aromatic N) is 3. The average molecular weight is 630 g/mol. The molecular weight excluding hydrogens is 592 g/mol. The Kier molecular flexibility index (Phi) is 8.95. The molecule has 1 aliphatic carbocycles. The first-order valence-corrected chi connectivity index (χ1v) is 15.9. The molecule has 0 radical (unpaired) electrons. The summed E-state index contributed by atoms with van der Waals surface area (Å²) in [5, 5.41) is 9.43. The molecule has 1 aromatic carbocycles. The number of allylic oxidation sites excluding steroid dienone is 1. The highest BCUT2D eigenvalue weighted by Crippen LogP contribution is 2.61. The number of amides is 1. The predicted octanol–water partition coefficient (Wildman–Crippen LogP) is 6.20. The van der Waals surface area contributed by atoms with Crippen LogP contribution in [0.25, 0.3) is 17.2 Å². The van der Waals surface area contributed by atoms with Gasteiger partial charge in [-0.15, -0.1) is 0 Å². The lowest BCUT2D eigenvalue weighted by molar-refractivity contribution is -0.151. The Labute approximate surface area is 256 Å². The third-order valence-corrected chi connectivity index (χ3v) is 11.0. The molecule has 236 valence electrons. The van der Waals surface area contributed by atoms with Crippen molar-refractivity contribution < 1.29 is 36.3 Å². The molecule has 1 aliphatic heterocycles. The summed E-state index contributed by atoms with van der Waals surface area (Å²) in [6.07, 6.45) is 1.43. The molecule has 1 saturated heterocycles. The van der Waals surface area contributed by atoms with Gasteiger partial charge in [0.1, 0.15) is 10.3 Å².